The van der Waals surface area contributed by atoms with E-state index in [2.05, 4.69) is 0 Å². The molecular weight excluding hydrogens is 200 g/mol. The van der Waals surface area contributed by atoms with E-state index < -0.39 is 6.10 Å². The highest BCUT2D eigenvalue weighted by molar-refractivity contribution is 6.31. The summed E-state index contributed by atoms with van der Waals surface area (Å²) >= 11 is 5.87. The van der Waals surface area contributed by atoms with Gasteiger partial charge < -0.3 is 9.84 Å². The summed E-state index contributed by atoms with van der Waals surface area (Å²) in [7, 11) is 0. The highest BCUT2D eigenvalue weighted by atomic mass is 35.5. The van der Waals surface area contributed by atoms with Gasteiger partial charge in [-0.3, -0.25) is 0 Å². The van der Waals surface area contributed by atoms with E-state index in [-0.39, 0.29) is 6.10 Å². The summed E-state index contributed by atoms with van der Waals surface area (Å²) in [6.45, 7) is 5.45. The van der Waals surface area contributed by atoms with Gasteiger partial charge in [-0.2, -0.15) is 0 Å². The van der Waals surface area contributed by atoms with Crippen molar-refractivity contribution in [1.29, 1.82) is 0 Å². The molecule has 1 aromatic rings. The quantitative estimate of drug-likeness (QED) is 0.839. The normalized spacial score (nSPS) is 14.9. The van der Waals surface area contributed by atoms with Crippen molar-refractivity contribution in [3.05, 3.63) is 28.8 Å². The van der Waals surface area contributed by atoms with Crippen molar-refractivity contribution < 1.29 is 9.84 Å². The van der Waals surface area contributed by atoms with E-state index in [9.17, 15) is 5.11 Å². The van der Waals surface area contributed by atoms with Gasteiger partial charge in [-0.25, -0.2) is 0 Å². The van der Waals surface area contributed by atoms with Crippen molar-refractivity contribution in [2.45, 2.75) is 33.0 Å². The summed E-state index contributed by atoms with van der Waals surface area (Å²) in [6.07, 6.45) is -0.693. The average molecular weight is 215 g/mol. The molecule has 0 amide bonds. The van der Waals surface area contributed by atoms with Crippen LogP contribution in [0.5, 0.6) is 5.75 Å². The number of benzene rings is 1. The smallest absolute Gasteiger partial charge is 0.121 e. The molecule has 0 heterocycles. The van der Waals surface area contributed by atoms with E-state index in [1.165, 1.54) is 0 Å². The molecule has 1 aromatic carbocycles. The molecule has 14 heavy (non-hydrogen) atoms. The average Bonchev–Trinajstić information content (AvgIpc) is 2.11. The number of hydrogen-bond acceptors (Lipinski definition) is 2. The first-order valence-electron chi connectivity index (χ1n) is 4.61. The Hall–Kier alpha value is -0.730. The van der Waals surface area contributed by atoms with Crippen LogP contribution in [0, 0.1) is 6.92 Å². The Morgan fingerprint density at radius 1 is 1.36 bits per heavy atom. The molecule has 0 aliphatic carbocycles. The minimum absolute atomic E-state index is 0.212. The number of rotatable bonds is 3. The highest BCUT2D eigenvalue weighted by Crippen LogP contribution is 2.22. The standard InChI is InChI=1S/C11H15ClO2/c1-7-6-10(4-5-11(7)12)14-9(3)8(2)13/h4-6,8-9,13H,1-3H3. The first-order chi connectivity index (χ1) is 6.50. The SMILES string of the molecule is Cc1cc(OC(C)C(C)O)ccc1Cl. The first-order valence-corrected chi connectivity index (χ1v) is 4.99. The minimum Gasteiger partial charge on any atom is -0.488 e. The predicted octanol–water partition coefficient (Wildman–Crippen LogP) is 2.80. The maximum absolute atomic E-state index is 9.26. The van der Waals surface area contributed by atoms with Crippen molar-refractivity contribution in [2.75, 3.05) is 0 Å². The molecule has 0 aliphatic heterocycles. The second-order valence-electron chi connectivity index (χ2n) is 3.47. The van der Waals surface area contributed by atoms with Gasteiger partial charge in [-0.05, 0) is 44.5 Å². The van der Waals surface area contributed by atoms with E-state index in [4.69, 9.17) is 16.3 Å². The van der Waals surface area contributed by atoms with Crippen LogP contribution in [0.1, 0.15) is 19.4 Å². The molecular formula is C11H15ClO2. The molecule has 1 rings (SSSR count). The van der Waals surface area contributed by atoms with Crippen LogP contribution in [0.4, 0.5) is 0 Å². The number of aryl methyl sites for hydroxylation is 1. The molecule has 0 radical (unpaired) electrons. The number of aliphatic hydroxyl groups excluding tert-OH is 1. The second kappa shape index (κ2) is 4.67. The van der Waals surface area contributed by atoms with E-state index in [0.717, 1.165) is 16.3 Å². The third-order valence-corrected chi connectivity index (χ3v) is 2.55. The van der Waals surface area contributed by atoms with E-state index >= 15 is 0 Å². The van der Waals surface area contributed by atoms with Crippen LogP contribution in [0.25, 0.3) is 0 Å². The van der Waals surface area contributed by atoms with Crippen molar-refractivity contribution in [2.24, 2.45) is 0 Å². The maximum Gasteiger partial charge on any atom is 0.121 e. The molecule has 0 aliphatic rings. The van der Waals surface area contributed by atoms with Gasteiger partial charge in [0, 0.05) is 5.02 Å². The fourth-order valence-corrected chi connectivity index (χ4v) is 1.12. The number of ether oxygens (including phenoxy) is 1. The summed E-state index contributed by atoms with van der Waals surface area (Å²) in [4.78, 5) is 0. The van der Waals surface area contributed by atoms with Gasteiger partial charge in [-0.1, -0.05) is 11.6 Å². The minimum atomic E-state index is -0.481. The molecule has 3 heteroatoms. The highest BCUT2D eigenvalue weighted by Gasteiger charge is 2.10. The molecule has 0 saturated carbocycles. The van der Waals surface area contributed by atoms with E-state index in [1.54, 1.807) is 19.1 Å². The van der Waals surface area contributed by atoms with Crippen LogP contribution < -0.4 is 4.74 Å². The molecule has 78 valence electrons. The van der Waals surface area contributed by atoms with Gasteiger partial charge in [0.2, 0.25) is 0 Å². The van der Waals surface area contributed by atoms with Crippen molar-refractivity contribution in [3.63, 3.8) is 0 Å². The molecule has 2 atom stereocenters. The molecule has 0 aromatic heterocycles. The fourth-order valence-electron chi connectivity index (χ4n) is 1.00. The van der Waals surface area contributed by atoms with Gasteiger partial charge in [0.15, 0.2) is 0 Å². The zero-order valence-electron chi connectivity index (χ0n) is 8.62. The Balaban J connectivity index is 2.73. The largest absolute Gasteiger partial charge is 0.488 e. The Kier molecular flexibility index (Phi) is 3.78. The third-order valence-electron chi connectivity index (χ3n) is 2.13. The first kappa shape index (κ1) is 11.3. The lowest BCUT2D eigenvalue weighted by molar-refractivity contribution is 0.0604. The Bertz CT molecular complexity index is 310. The number of hydrogen-bond donors (Lipinski definition) is 1. The molecule has 2 nitrogen and oxygen atoms in total. The van der Waals surface area contributed by atoms with Crippen LogP contribution >= 0.6 is 11.6 Å². The second-order valence-corrected chi connectivity index (χ2v) is 3.88. The zero-order valence-corrected chi connectivity index (χ0v) is 9.38. The molecule has 1 N–H and O–H groups in total. The van der Waals surface area contributed by atoms with Gasteiger partial charge in [0.05, 0.1) is 6.10 Å². The van der Waals surface area contributed by atoms with Crippen LogP contribution in [0.2, 0.25) is 5.02 Å². The summed E-state index contributed by atoms with van der Waals surface area (Å²) in [6, 6.07) is 5.45. The van der Waals surface area contributed by atoms with Crippen LogP contribution in [0.3, 0.4) is 0 Å². The molecule has 0 saturated heterocycles. The maximum atomic E-state index is 9.26. The van der Waals surface area contributed by atoms with Crippen molar-refractivity contribution in [1.82, 2.24) is 0 Å². The van der Waals surface area contributed by atoms with Crippen molar-refractivity contribution in [3.8, 4) is 5.75 Å². The lowest BCUT2D eigenvalue weighted by atomic mass is 10.2. The summed E-state index contributed by atoms with van der Waals surface area (Å²) in [5.41, 5.74) is 0.974. The van der Waals surface area contributed by atoms with Crippen molar-refractivity contribution >= 4 is 11.6 Å². The van der Waals surface area contributed by atoms with Gasteiger partial charge in [0.25, 0.3) is 0 Å². The third kappa shape index (κ3) is 2.89. The van der Waals surface area contributed by atoms with Gasteiger partial charge in [0.1, 0.15) is 11.9 Å². The lowest BCUT2D eigenvalue weighted by Crippen LogP contribution is -2.25. The zero-order chi connectivity index (χ0) is 10.7. The summed E-state index contributed by atoms with van der Waals surface area (Å²) < 4.78 is 5.50. The number of aliphatic hydroxyl groups is 1. The molecule has 2 unspecified atom stereocenters. The summed E-state index contributed by atoms with van der Waals surface area (Å²) in [5, 5.41) is 9.98. The topological polar surface area (TPSA) is 29.5 Å². The Morgan fingerprint density at radius 2 is 2.00 bits per heavy atom. The lowest BCUT2D eigenvalue weighted by Gasteiger charge is -2.17. The summed E-state index contributed by atoms with van der Waals surface area (Å²) in [5.74, 6) is 0.736. The monoisotopic (exact) mass is 214 g/mol. The molecule has 0 fully saturated rings. The molecule has 0 bridgehead atoms. The molecule has 0 spiro atoms. The number of halogens is 1. The van der Waals surface area contributed by atoms with Gasteiger partial charge in [-0.15, -0.1) is 0 Å². The van der Waals surface area contributed by atoms with E-state index in [0.29, 0.717) is 0 Å². The van der Waals surface area contributed by atoms with Crippen LogP contribution in [-0.4, -0.2) is 17.3 Å². The Morgan fingerprint density at radius 3 is 2.50 bits per heavy atom. The Labute approximate surface area is 89.5 Å². The van der Waals surface area contributed by atoms with E-state index in [1.807, 2.05) is 19.9 Å². The van der Waals surface area contributed by atoms with Gasteiger partial charge >= 0.3 is 0 Å². The van der Waals surface area contributed by atoms with Crippen LogP contribution in [-0.2, 0) is 0 Å². The van der Waals surface area contributed by atoms with Crippen LogP contribution in [0.15, 0.2) is 18.2 Å². The predicted molar refractivity (Wildman–Crippen MR) is 58.0 cm³/mol. The fraction of sp³-hybridized carbons (Fsp3) is 0.455.